The van der Waals surface area contributed by atoms with Crippen LogP contribution in [0.15, 0.2) is 29.1 Å². The van der Waals surface area contributed by atoms with Crippen LogP contribution in [0.3, 0.4) is 0 Å². The molecule has 1 aromatic carbocycles. The van der Waals surface area contributed by atoms with Crippen molar-refractivity contribution in [1.29, 1.82) is 0 Å². The van der Waals surface area contributed by atoms with Crippen LogP contribution in [0.4, 0.5) is 0 Å². The maximum absolute atomic E-state index is 12.4. The van der Waals surface area contributed by atoms with Gasteiger partial charge in [0.05, 0.1) is 12.6 Å². The monoisotopic (exact) mass is 328 g/mol. The molecule has 1 fully saturated rings. The van der Waals surface area contributed by atoms with Crippen molar-refractivity contribution >= 4 is 16.8 Å². The maximum Gasteiger partial charge on any atom is 0.251 e. The number of aromatic amines is 1. The molecule has 1 aliphatic rings. The summed E-state index contributed by atoms with van der Waals surface area (Å²) in [7, 11) is 1.60. The van der Waals surface area contributed by atoms with Crippen molar-refractivity contribution in [1.82, 2.24) is 9.88 Å². The minimum atomic E-state index is -0.128. The average molecular weight is 328 g/mol. The van der Waals surface area contributed by atoms with Crippen molar-refractivity contribution in [3.63, 3.8) is 0 Å². The van der Waals surface area contributed by atoms with Gasteiger partial charge in [0, 0.05) is 30.6 Å². The highest BCUT2D eigenvalue weighted by Gasteiger charge is 2.26. The number of hydrogen-bond acceptors (Lipinski definition) is 3. The van der Waals surface area contributed by atoms with E-state index in [1.807, 2.05) is 29.2 Å². The second kappa shape index (κ2) is 7.07. The number of fused-ring (bicyclic) bond motifs is 1. The van der Waals surface area contributed by atoms with E-state index in [0.29, 0.717) is 30.2 Å². The van der Waals surface area contributed by atoms with Gasteiger partial charge in [0.15, 0.2) is 0 Å². The standard InChI is InChI=1S/C19H24N2O3/c1-3-15-5-4-10-21(15)18(22)9-7-14-11-13-6-8-16(24-2)12-17(13)20-19(14)23/h6,8,11-12,15H,3-5,7,9-10H2,1-2H3,(H,20,23). The summed E-state index contributed by atoms with van der Waals surface area (Å²) < 4.78 is 5.18. The fraction of sp³-hybridized carbons (Fsp3) is 0.474. The molecule has 5 heteroatoms. The second-order valence-corrected chi connectivity index (χ2v) is 6.37. The van der Waals surface area contributed by atoms with Crippen molar-refractivity contribution in [3.8, 4) is 5.75 Å². The Morgan fingerprint density at radius 1 is 1.38 bits per heavy atom. The molecule has 1 aliphatic heterocycles. The molecule has 1 amide bonds. The van der Waals surface area contributed by atoms with Crippen LogP contribution in [-0.4, -0.2) is 35.5 Å². The molecular formula is C19H24N2O3. The summed E-state index contributed by atoms with van der Waals surface area (Å²) in [6, 6.07) is 7.85. The Labute approximate surface area is 141 Å². The van der Waals surface area contributed by atoms with Crippen molar-refractivity contribution < 1.29 is 9.53 Å². The molecule has 1 saturated heterocycles. The SMILES string of the molecule is CCC1CCCN1C(=O)CCc1cc2ccc(OC)cc2[nH]c1=O. The molecule has 2 heterocycles. The summed E-state index contributed by atoms with van der Waals surface area (Å²) in [6.45, 7) is 2.98. The first-order chi connectivity index (χ1) is 11.6. The number of aryl methyl sites for hydroxylation is 1. The summed E-state index contributed by atoms with van der Waals surface area (Å²) in [5.74, 6) is 0.870. The first-order valence-corrected chi connectivity index (χ1v) is 8.61. The van der Waals surface area contributed by atoms with Crippen molar-refractivity contribution in [2.75, 3.05) is 13.7 Å². The molecular weight excluding hydrogens is 304 g/mol. The lowest BCUT2D eigenvalue weighted by atomic mass is 10.1. The largest absolute Gasteiger partial charge is 0.497 e. The summed E-state index contributed by atoms with van der Waals surface area (Å²) in [5, 5.41) is 0.949. The number of aromatic nitrogens is 1. The number of hydrogen-bond donors (Lipinski definition) is 1. The molecule has 1 unspecified atom stereocenters. The molecule has 2 aromatic rings. The normalized spacial score (nSPS) is 17.4. The van der Waals surface area contributed by atoms with Gasteiger partial charge >= 0.3 is 0 Å². The lowest BCUT2D eigenvalue weighted by Crippen LogP contribution is -2.35. The molecule has 1 N–H and O–H groups in total. The number of pyridine rings is 1. The van der Waals surface area contributed by atoms with Gasteiger partial charge in [-0.15, -0.1) is 0 Å². The quantitative estimate of drug-likeness (QED) is 0.918. The summed E-state index contributed by atoms with van der Waals surface area (Å²) in [6.07, 6.45) is 4.05. The number of rotatable bonds is 5. The van der Waals surface area contributed by atoms with Crippen LogP contribution in [0.2, 0.25) is 0 Å². The number of H-pyrrole nitrogens is 1. The molecule has 3 rings (SSSR count). The highest BCUT2D eigenvalue weighted by atomic mass is 16.5. The Morgan fingerprint density at radius 2 is 2.21 bits per heavy atom. The van der Waals surface area contributed by atoms with E-state index >= 15 is 0 Å². The molecule has 0 aliphatic carbocycles. The lowest BCUT2D eigenvalue weighted by Gasteiger charge is -2.23. The highest BCUT2D eigenvalue weighted by Crippen LogP contribution is 2.22. The second-order valence-electron chi connectivity index (χ2n) is 6.37. The first kappa shape index (κ1) is 16.6. The highest BCUT2D eigenvalue weighted by molar-refractivity contribution is 5.81. The number of benzene rings is 1. The fourth-order valence-corrected chi connectivity index (χ4v) is 3.51. The van der Waals surface area contributed by atoms with Crippen LogP contribution in [0.1, 0.15) is 38.2 Å². The van der Waals surface area contributed by atoms with Crippen LogP contribution in [0.25, 0.3) is 10.9 Å². The van der Waals surface area contributed by atoms with E-state index in [4.69, 9.17) is 4.74 Å². The zero-order valence-corrected chi connectivity index (χ0v) is 14.3. The van der Waals surface area contributed by atoms with Crippen LogP contribution in [0.5, 0.6) is 5.75 Å². The number of likely N-dealkylation sites (tertiary alicyclic amines) is 1. The van der Waals surface area contributed by atoms with Gasteiger partial charge in [-0.3, -0.25) is 9.59 Å². The van der Waals surface area contributed by atoms with Gasteiger partial charge in [0.25, 0.3) is 5.56 Å². The van der Waals surface area contributed by atoms with Crippen LogP contribution >= 0.6 is 0 Å². The molecule has 0 saturated carbocycles. The number of nitrogens with one attached hydrogen (secondary N) is 1. The topological polar surface area (TPSA) is 62.4 Å². The fourth-order valence-electron chi connectivity index (χ4n) is 3.51. The van der Waals surface area contributed by atoms with E-state index < -0.39 is 0 Å². The summed E-state index contributed by atoms with van der Waals surface area (Å²) in [4.78, 5) is 29.6. The molecule has 0 bridgehead atoms. The molecule has 5 nitrogen and oxygen atoms in total. The van der Waals surface area contributed by atoms with E-state index in [1.54, 1.807) is 7.11 Å². The van der Waals surface area contributed by atoms with Crippen molar-refractivity contribution in [2.24, 2.45) is 0 Å². The molecule has 0 radical (unpaired) electrons. The Morgan fingerprint density at radius 3 is 2.96 bits per heavy atom. The Hall–Kier alpha value is -2.30. The number of ether oxygens (including phenoxy) is 1. The summed E-state index contributed by atoms with van der Waals surface area (Å²) in [5.41, 5.74) is 1.28. The number of carbonyl (C=O) groups excluding carboxylic acids is 1. The Bertz CT molecular complexity index is 797. The van der Waals surface area contributed by atoms with Gasteiger partial charge in [-0.1, -0.05) is 6.92 Å². The van der Waals surface area contributed by atoms with Crippen LogP contribution in [-0.2, 0) is 11.2 Å². The predicted octanol–water partition coefficient (Wildman–Crippen LogP) is 2.87. The minimum absolute atomic E-state index is 0.128. The van der Waals surface area contributed by atoms with Gasteiger partial charge in [-0.25, -0.2) is 0 Å². The third-order valence-electron chi connectivity index (χ3n) is 4.91. The molecule has 1 aromatic heterocycles. The number of carbonyl (C=O) groups is 1. The van der Waals surface area contributed by atoms with Gasteiger partial charge in [0.1, 0.15) is 5.75 Å². The Balaban J connectivity index is 1.74. The van der Waals surface area contributed by atoms with Crippen molar-refractivity contribution in [3.05, 3.63) is 40.2 Å². The Kier molecular flexibility index (Phi) is 4.88. The van der Waals surface area contributed by atoms with Crippen LogP contribution < -0.4 is 10.3 Å². The van der Waals surface area contributed by atoms with E-state index in [0.717, 1.165) is 36.7 Å². The van der Waals surface area contributed by atoms with E-state index in [-0.39, 0.29) is 11.5 Å². The van der Waals surface area contributed by atoms with E-state index in [9.17, 15) is 9.59 Å². The van der Waals surface area contributed by atoms with Gasteiger partial charge in [0.2, 0.25) is 5.91 Å². The maximum atomic E-state index is 12.4. The molecule has 0 spiro atoms. The van der Waals surface area contributed by atoms with Crippen LogP contribution in [0, 0.1) is 0 Å². The third kappa shape index (κ3) is 3.30. The lowest BCUT2D eigenvalue weighted by molar-refractivity contribution is -0.132. The van der Waals surface area contributed by atoms with Gasteiger partial charge in [-0.2, -0.15) is 0 Å². The van der Waals surface area contributed by atoms with E-state index in [1.165, 1.54) is 0 Å². The number of nitrogens with zero attached hydrogens (tertiary/aromatic N) is 1. The third-order valence-corrected chi connectivity index (χ3v) is 4.91. The average Bonchev–Trinajstić information content (AvgIpc) is 3.08. The molecule has 24 heavy (non-hydrogen) atoms. The van der Waals surface area contributed by atoms with Gasteiger partial charge in [-0.05, 0) is 49.3 Å². The van der Waals surface area contributed by atoms with Crippen molar-refractivity contribution in [2.45, 2.75) is 45.1 Å². The number of methoxy groups -OCH3 is 1. The van der Waals surface area contributed by atoms with E-state index in [2.05, 4.69) is 11.9 Å². The molecule has 1 atom stereocenters. The minimum Gasteiger partial charge on any atom is -0.497 e. The predicted molar refractivity (Wildman–Crippen MR) is 94.5 cm³/mol. The first-order valence-electron chi connectivity index (χ1n) is 8.61. The summed E-state index contributed by atoms with van der Waals surface area (Å²) >= 11 is 0. The molecule has 128 valence electrons. The zero-order valence-electron chi connectivity index (χ0n) is 14.3. The smallest absolute Gasteiger partial charge is 0.251 e. The van der Waals surface area contributed by atoms with Gasteiger partial charge < -0.3 is 14.6 Å². The zero-order chi connectivity index (χ0) is 17.1. The number of amides is 1.